The summed E-state index contributed by atoms with van der Waals surface area (Å²) < 4.78 is 5.07. The molecule has 0 bridgehead atoms. The van der Waals surface area contributed by atoms with Crippen molar-refractivity contribution in [2.24, 2.45) is 0 Å². The highest BCUT2D eigenvalue weighted by Gasteiger charge is 2.29. The Labute approximate surface area is 112 Å². The quantitative estimate of drug-likeness (QED) is 0.479. The Morgan fingerprint density at radius 1 is 1.37 bits per heavy atom. The Morgan fingerprint density at radius 2 is 2.05 bits per heavy atom. The van der Waals surface area contributed by atoms with E-state index in [2.05, 4.69) is 16.0 Å². The van der Waals surface area contributed by atoms with Gasteiger partial charge in [0.25, 0.3) is 0 Å². The van der Waals surface area contributed by atoms with Gasteiger partial charge in [0, 0.05) is 6.54 Å². The van der Waals surface area contributed by atoms with Crippen LogP contribution in [-0.2, 0) is 14.3 Å². The Kier molecular flexibility index (Phi) is 5.29. The molecule has 0 aromatic rings. The second-order valence-corrected chi connectivity index (χ2v) is 5.41. The van der Waals surface area contributed by atoms with Crippen molar-refractivity contribution in [2.45, 2.75) is 45.3 Å². The fraction of sp³-hybridized carbons (Fsp3) is 0.750. The van der Waals surface area contributed by atoms with Crippen LogP contribution < -0.4 is 16.0 Å². The van der Waals surface area contributed by atoms with Crippen LogP contribution in [0.25, 0.3) is 0 Å². The van der Waals surface area contributed by atoms with E-state index >= 15 is 0 Å². The van der Waals surface area contributed by atoms with E-state index < -0.39 is 17.7 Å². The third-order valence-corrected chi connectivity index (χ3v) is 2.38. The van der Waals surface area contributed by atoms with Gasteiger partial charge in [-0.3, -0.25) is 14.9 Å². The SMILES string of the molecule is CC(C)(C)OC(=O)NCCCNC1CC(=O)NC1=O. The number of carbonyl (C=O) groups is 3. The lowest BCUT2D eigenvalue weighted by Gasteiger charge is -2.19. The molecule has 1 rings (SSSR count). The van der Waals surface area contributed by atoms with Crippen LogP contribution in [0, 0.1) is 0 Å². The molecule has 0 aromatic heterocycles. The van der Waals surface area contributed by atoms with Gasteiger partial charge < -0.3 is 15.4 Å². The minimum atomic E-state index is -0.509. The van der Waals surface area contributed by atoms with Crippen molar-refractivity contribution in [1.82, 2.24) is 16.0 Å². The molecule has 7 heteroatoms. The standard InChI is InChI=1S/C12H21N3O4/c1-12(2,3)19-11(18)14-6-4-5-13-8-7-9(16)15-10(8)17/h8,13H,4-7H2,1-3H3,(H,14,18)(H,15,16,17). The monoisotopic (exact) mass is 271 g/mol. The number of carbonyl (C=O) groups excluding carboxylic acids is 3. The molecule has 1 saturated heterocycles. The average molecular weight is 271 g/mol. The third-order valence-electron chi connectivity index (χ3n) is 2.38. The molecule has 1 aliphatic heterocycles. The molecule has 0 spiro atoms. The summed E-state index contributed by atoms with van der Waals surface area (Å²) in [5.74, 6) is -0.542. The van der Waals surface area contributed by atoms with Gasteiger partial charge in [-0.25, -0.2) is 4.79 Å². The van der Waals surface area contributed by atoms with E-state index in [1.54, 1.807) is 20.8 Å². The molecule has 1 fully saturated rings. The van der Waals surface area contributed by atoms with Crippen LogP contribution in [0.3, 0.4) is 0 Å². The minimum Gasteiger partial charge on any atom is -0.444 e. The van der Waals surface area contributed by atoms with E-state index in [1.165, 1.54) is 0 Å². The number of alkyl carbamates (subject to hydrolysis) is 1. The van der Waals surface area contributed by atoms with Gasteiger partial charge in [-0.1, -0.05) is 0 Å². The average Bonchev–Trinajstić information content (AvgIpc) is 2.54. The molecule has 0 saturated carbocycles. The molecule has 3 N–H and O–H groups in total. The largest absolute Gasteiger partial charge is 0.444 e. The Balaban J connectivity index is 2.07. The molecular formula is C12H21N3O4. The first-order valence-corrected chi connectivity index (χ1v) is 6.32. The Morgan fingerprint density at radius 3 is 2.58 bits per heavy atom. The first-order chi connectivity index (χ1) is 8.78. The maximum absolute atomic E-state index is 11.3. The zero-order valence-corrected chi connectivity index (χ0v) is 11.5. The van der Waals surface area contributed by atoms with Crippen LogP contribution in [0.5, 0.6) is 0 Å². The third kappa shape index (κ3) is 6.19. The van der Waals surface area contributed by atoms with Crippen LogP contribution in [0.15, 0.2) is 0 Å². The summed E-state index contributed by atoms with van der Waals surface area (Å²) in [6.45, 7) is 6.38. The van der Waals surface area contributed by atoms with Gasteiger partial charge in [0.1, 0.15) is 5.60 Å². The highest BCUT2D eigenvalue weighted by Crippen LogP contribution is 2.06. The van der Waals surface area contributed by atoms with Crippen molar-refractivity contribution < 1.29 is 19.1 Å². The van der Waals surface area contributed by atoms with Crippen molar-refractivity contribution >= 4 is 17.9 Å². The summed E-state index contributed by atoms with van der Waals surface area (Å²) >= 11 is 0. The lowest BCUT2D eigenvalue weighted by atomic mass is 10.2. The van der Waals surface area contributed by atoms with Crippen LogP contribution in [0.4, 0.5) is 4.79 Å². The van der Waals surface area contributed by atoms with Gasteiger partial charge in [-0.15, -0.1) is 0 Å². The summed E-state index contributed by atoms with van der Waals surface area (Å²) in [7, 11) is 0. The molecule has 1 aliphatic rings. The molecule has 1 unspecified atom stereocenters. The van der Waals surface area contributed by atoms with Crippen molar-refractivity contribution in [3.05, 3.63) is 0 Å². The van der Waals surface area contributed by atoms with Gasteiger partial charge >= 0.3 is 6.09 Å². The van der Waals surface area contributed by atoms with Gasteiger partial charge in [0.05, 0.1) is 12.5 Å². The molecule has 3 amide bonds. The highest BCUT2D eigenvalue weighted by atomic mass is 16.6. The molecule has 0 aromatic carbocycles. The van der Waals surface area contributed by atoms with Gasteiger partial charge in [-0.05, 0) is 33.7 Å². The molecule has 1 atom stereocenters. The zero-order valence-electron chi connectivity index (χ0n) is 11.5. The predicted molar refractivity (Wildman–Crippen MR) is 68.4 cm³/mol. The molecule has 108 valence electrons. The first kappa shape index (κ1) is 15.4. The number of nitrogens with one attached hydrogen (secondary N) is 3. The van der Waals surface area contributed by atoms with Crippen LogP contribution in [-0.4, -0.2) is 42.6 Å². The van der Waals surface area contributed by atoms with Crippen molar-refractivity contribution in [3.63, 3.8) is 0 Å². The summed E-state index contributed by atoms with van der Waals surface area (Å²) in [6.07, 6.45) is 0.372. The molecule has 7 nitrogen and oxygen atoms in total. The minimum absolute atomic E-state index is 0.179. The molecule has 0 radical (unpaired) electrons. The number of hydrogen-bond donors (Lipinski definition) is 3. The fourth-order valence-electron chi connectivity index (χ4n) is 1.59. The van der Waals surface area contributed by atoms with E-state index in [0.29, 0.717) is 19.5 Å². The fourth-order valence-corrected chi connectivity index (χ4v) is 1.59. The Bertz CT molecular complexity index is 362. The number of hydrogen-bond acceptors (Lipinski definition) is 5. The highest BCUT2D eigenvalue weighted by molar-refractivity contribution is 6.05. The molecule has 0 aliphatic carbocycles. The number of rotatable bonds is 5. The van der Waals surface area contributed by atoms with Gasteiger partial charge in [0.2, 0.25) is 11.8 Å². The zero-order chi connectivity index (χ0) is 14.5. The van der Waals surface area contributed by atoms with E-state index in [9.17, 15) is 14.4 Å². The van der Waals surface area contributed by atoms with Crippen molar-refractivity contribution in [2.75, 3.05) is 13.1 Å². The summed E-state index contributed by atoms with van der Waals surface area (Å²) in [5.41, 5.74) is -0.509. The number of imide groups is 1. The van der Waals surface area contributed by atoms with E-state index in [1.807, 2.05) is 0 Å². The maximum atomic E-state index is 11.3. The van der Waals surface area contributed by atoms with Crippen molar-refractivity contribution in [3.8, 4) is 0 Å². The number of ether oxygens (including phenoxy) is 1. The Hall–Kier alpha value is -1.63. The van der Waals surface area contributed by atoms with Crippen LogP contribution in [0.1, 0.15) is 33.6 Å². The van der Waals surface area contributed by atoms with E-state index in [0.717, 1.165) is 0 Å². The van der Waals surface area contributed by atoms with E-state index in [-0.39, 0.29) is 18.2 Å². The summed E-state index contributed by atoms with van der Waals surface area (Å²) in [5, 5.41) is 7.80. The van der Waals surface area contributed by atoms with Gasteiger partial charge in [-0.2, -0.15) is 0 Å². The van der Waals surface area contributed by atoms with Crippen LogP contribution in [0.2, 0.25) is 0 Å². The smallest absolute Gasteiger partial charge is 0.407 e. The first-order valence-electron chi connectivity index (χ1n) is 6.32. The summed E-state index contributed by atoms with van der Waals surface area (Å²) in [6, 6.07) is -0.450. The predicted octanol–water partition coefficient (Wildman–Crippen LogP) is -0.0941. The van der Waals surface area contributed by atoms with Crippen LogP contribution >= 0.6 is 0 Å². The van der Waals surface area contributed by atoms with Gasteiger partial charge in [0.15, 0.2) is 0 Å². The lowest BCUT2D eigenvalue weighted by Crippen LogP contribution is -2.38. The molecule has 1 heterocycles. The number of amides is 3. The summed E-state index contributed by atoms with van der Waals surface area (Å²) in [4.78, 5) is 33.5. The second kappa shape index (κ2) is 6.51. The maximum Gasteiger partial charge on any atom is 0.407 e. The lowest BCUT2D eigenvalue weighted by molar-refractivity contribution is -0.125. The second-order valence-electron chi connectivity index (χ2n) is 5.41. The molecule has 19 heavy (non-hydrogen) atoms. The van der Waals surface area contributed by atoms with E-state index in [4.69, 9.17) is 4.74 Å². The normalized spacial score (nSPS) is 19.2. The topological polar surface area (TPSA) is 96.5 Å². The van der Waals surface area contributed by atoms with Crippen molar-refractivity contribution in [1.29, 1.82) is 0 Å². The molecular weight excluding hydrogens is 250 g/mol.